The molecule has 0 aliphatic rings. The largest absolute Gasteiger partial charge is 0.0856 e. The van der Waals surface area contributed by atoms with Gasteiger partial charge in [-0.1, -0.05) is 204 Å². The van der Waals surface area contributed by atoms with E-state index in [1.54, 1.807) is 0 Å². The molecule has 8 aromatic carbocycles. The number of rotatable bonds is 11. The Balaban J connectivity index is 1.21. The summed E-state index contributed by atoms with van der Waals surface area (Å²) in [6, 6.07) is 74.9. The molecule has 0 bridgehead atoms. The molecule has 0 spiro atoms. The average Bonchev–Trinajstić information content (AvgIpc) is 3.26. The topological polar surface area (TPSA) is 0 Å². The van der Waals surface area contributed by atoms with Crippen LogP contribution in [-0.4, -0.2) is 0 Å². The summed E-state index contributed by atoms with van der Waals surface area (Å²) in [5.74, 6) is 0. The van der Waals surface area contributed by atoms with Crippen LogP contribution in [0.4, 0.5) is 0 Å². The Hall–Kier alpha value is -5.54. The Labute approximate surface area is 328 Å². The minimum atomic E-state index is 0.220. The maximum absolute atomic E-state index is 2.46. The van der Waals surface area contributed by atoms with Crippen LogP contribution < -0.4 is 0 Å². The van der Waals surface area contributed by atoms with Gasteiger partial charge in [-0.15, -0.1) is 0 Å². The molecule has 54 heavy (non-hydrogen) atoms. The molecule has 0 nitrogen and oxygen atoms in total. The van der Waals surface area contributed by atoms with Crippen molar-refractivity contribution in [1.29, 1.82) is 0 Å². The van der Waals surface area contributed by atoms with Gasteiger partial charge in [0.1, 0.15) is 0 Å². The van der Waals surface area contributed by atoms with Gasteiger partial charge in [0.15, 0.2) is 0 Å². The summed E-state index contributed by atoms with van der Waals surface area (Å²) in [5.41, 5.74) is 17.7. The fourth-order valence-corrected chi connectivity index (χ4v) is 9.89. The third-order valence-electron chi connectivity index (χ3n) is 10.1. The van der Waals surface area contributed by atoms with Crippen LogP contribution >= 0.6 is 21.6 Å². The lowest BCUT2D eigenvalue weighted by Gasteiger charge is -2.24. The van der Waals surface area contributed by atoms with Crippen molar-refractivity contribution in [1.82, 2.24) is 0 Å². The molecule has 262 valence electrons. The SMILES string of the molecule is C[C@@H](SS[C@H](C)c1cc(-c2ccccc2)c(-c2ccccc2)cc1-c1ccccc1)c1cc(-c2ccccc2)c(-c2ccccc2)cc1-c1ccccc1. The van der Waals surface area contributed by atoms with Crippen LogP contribution in [0.3, 0.4) is 0 Å². The first kappa shape index (κ1) is 35.5. The molecule has 0 amide bonds. The Bertz CT molecular complexity index is 2250. The Kier molecular flexibility index (Phi) is 10.9. The van der Waals surface area contributed by atoms with Crippen molar-refractivity contribution >= 4 is 21.6 Å². The number of benzene rings is 8. The van der Waals surface area contributed by atoms with Crippen LogP contribution in [-0.2, 0) is 0 Å². The highest BCUT2D eigenvalue weighted by molar-refractivity contribution is 8.76. The molecule has 0 fully saturated rings. The van der Waals surface area contributed by atoms with Crippen LogP contribution in [0.5, 0.6) is 0 Å². The van der Waals surface area contributed by atoms with E-state index in [1.807, 2.05) is 21.6 Å². The molecule has 0 heterocycles. The molecule has 0 saturated heterocycles. The van der Waals surface area contributed by atoms with Crippen LogP contribution in [0.15, 0.2) is 206 Å². The fraction of sp³-hybridized carbons (Fsp3) is 0.0769. The molecule has 8 aromatic rings. The first-order valence-electron chi connectivity index (χ1n) is 18.6. The zero-order chi connectivity index (χ0) is 36.7. The zero-order valence-electron chi connectivity index (χ0n) is 30.6. The molecule has 0 aliphatic carbocycles. The van der Waals surface area contributed by atoms with Gasteiger partial charge in [0.25, 0.3) is 0 Å². The van der Waals surface area contributed by atoms with Gasteiger partial charge in [0.2, 0.25) is 0 Å². The molecule has 8 rings (SSSR count). The fourth-order valence-electron chi connectivity index (χ4n) is 7.34. The van der Waals surface area contributed by atoms with Crippen LogP contribution in [0.1, 0.15) is 35.5 Å². The molecular formula is C52H42S2. The molecule has 2 heteroatoms. The lowest BCUT2D eigenvalue weighted by Crippen LogP contribution is -1.99. The molecule has 0 saturated carbocycles. The lowest BCUT2D eigenvalue weighted by molar-refractivity contribution is 1.10. The first-order chi connectivity index (χ1) is 26.6. The normalized spacial score (nSPS) is 12.3. The highest BCUT2D eigenvalue weighted by Gasteiger charge is 2.23. The van der Waals surface area contributed by atoms with Crippen molar-refractivity contribution in [2.45, 2.75) is 24.3 Å². The molecule has 2 atom stereocenters. The quantitative estimate of drug-likeness (QED) is 0.122. The minimum absolute atomic E-state index is 0.220. The smallest absolute Gasteiger partial charge is 0.0379 e. The van der Waals surface area contributed by atoms with E-state index in [9.17, 15) is 0 Å². The van der Waals surface area contributed by atoms with Gasteiger partial charge < -0.3 is 0 Å². The van der Waals surface area contributed by atoms with E-state index in [4.69, 9.17) is 0 Å². The van der Waals surface area contributed by atoms with E-state index < -0.39 is 0 Å². The van der Waals surface area contributed by atoms with Gasteiger partial charge in [0, 0.05) is 10.5 Å². The van der Waals surface area contributed by atoms with E-state index in [-0.39, 0.29) is 10.5 Å². The molecule has 0 N–H and O–H groups in total. The second-order valence-electron chi connectivity index (χ2n) is 13.6. The summed E-state index contributed by atoms with van der Waals surface area (Å²) in [5, 5.41) is 0.439. The van der Waals surface area contributed by atoms with Gasteiger partial charge >= 0.3 is 0 Å². The summed E-state index contributed by atoms with van der Waals surface area (Å²) in [6.07, 6.45) is 0. The molecule has 0 aromatic heterocycles. The van der Waals surface area contributed by atoms with E-state index >= 15 is 0 Å². The summed E-state index contributed by atoms with van der Waals surface area (Å²) in [7, 11) is 3.94. The standard InChI is InChI=1S/C52H42S2/c1-37(45-33-49(41-25-13-5-14-26-41)51(43-29-17-7-18-30-43)35-47(45)39-21-9-3-10-22-39)53-54-38(2)46-34-50(42-27-15-6-16-28-42)52(44-31-19-8-20-32-44)36-48(46)40-23-11-4-12-24-40/h3-38H,1-2H3/t37-,38-/m1/s1. The van der Waals surface area contributed by atoms with Crippen molar-refractivity contribution in [3.63, 3.8) is 0 Å². The van der Waals surface area contributed by atoms with E-state index in [2.05, 4.69) is 220 Å². The summed E-state index contributed by atoms with van der Waals surface area (Å²) >= 11 is 0. The van der Waals surface area contributed by atoms with Crippen LogP contribution in [0.25, 0.3) is 66.8 Å². The van der Waals surface area contributed by atoms with Crippen LogP contribution in [0, 0.1) is 0 Å². The zero-order valence-corrected chi connectivity index (χ0v) is 32.2. The summed E-state index contributed by atoms with van der Waals surface area (Å²) < 4.78 is 0. The molecule has 0 aliphatic heterocycles. The maximum Gasteiger partial charge on any atom is 0.0379 e. The third kappa shape index (κ3) is 7.73. The second-order valence-corrected chi connectivity index (χ2v) is 16.6. The highest BCUT2D eigenvalue weighted by atomic mass is 33.1. The molecule has 0 unspecified atom stereocenters. The predicted octanol–water partition coefficient (Wildman–Crippen LogP) is 15.9. The van der Waals surface area contributed by atoms with Crippen molar-refractivity contribution in [3.05, 3.63) is 217 Å². The maximum atomic E-state index is 2.46. The van der Waals surface area contributed by atoms with Gasteiger partial charge in [-0.05, 0) is 116 Å². The summed E-state index contributed by atoms with van der Waals surface area (Å²) in [6.45, 7) is 4.74. The monoisotopic (exact) mass is 730 g/mol. The van der Waals surface area contributed by atoms with Crippen molar-refractivity contribution in [2.24, 2.45) is 0 Å². The second kappa shape index (κ2) is 16.6. The third-order valence-corrected chi connectivity index (χ3v) is 13.4. The van der Waals surface area contributed by atoms with Crippen LogP contribution in [0.2, 0.25) is 0 Å². The van der Waals surface area contributed by atoms with Gasteiger partial charge in [0.05, 0.1) is 0 Å². The first-order valence-corrected chi connectivity index (χ1v) is 20.9. The van der Waals surface area contributed by atoms with E-state index in [0.717, 1.165) is 0 Å². The Morgan fingerprint density at radius 3 is 0.704 bits per heavy atom. The number of hydrogen-bond acceptors (Lipinski definition) is 2. The van der Waals surface area contributed by atoms with Gasteiger partial charge in [-0.2, -0.15) is 0 Å². The van der Waals surface area contributed by atoms with Crippen molar-refractivity contribution in [3.8, 4) is 66.8 Å². The Morgan fingerprint density at radius 2 is 0.463 bits per heavy atom. The highest BCUT2D eigenvalue weighted by Crippen LogP contribution is 2.52. The van der Waals surface area contributed by atoms with Gasteiger partial charge in [-0.3, -0.25) is 0 Å². The van der Waals surface area contributed by atoms with Crippen molar-refractivity contribution in [2.75, 3.05) is 0 Å². The van der Waals surface area contributed by atoms with Gasteiger partial charge in [-0.25, -0.2) is 0 Å². The predicted molar refractivity (Wildman–Crippen MR) is 238 cm³/mol. The van der Waals surface area contributed by atoms with Crippen molar-refractivity contribution < 1.29 is 0 Å². The minimum Gasteiger partial charge on any atom is -0.0856 e. The molecular weight excluding hydrogens is 689 g/mol. The van der Waals surface area contributed by atoms with E-state index in [0.29, 0.717) is 0 Å². The molecule has 0 radical (unpaired) electrons. The lowest BCUT2D eigenvalue weighted by atomic mass is 9.87. The Morgan fingerprint density at radius 1 is 0.259 bits per heavy atom. The summed E-state index contributed by atoms with van der Waals surface area (Å²) in [4.78, 5) is 0. The number of hydrogen-bond donors (Lipinski definition) is 0. The van der Waals surface area contributed by atoms with E-state index in [1.165, 1.54) is 77.9 Å². The average molecular weight is 731 g/mol.